The third-order valence-electron chi connectivity index (χ3n) is 2.58. The van der Waals surface area contributed by atoms with E-state index in [1.165, 1.54) is 11.0 Å². The number of nitrogens with zero attached hydrogens (tertiary/aromatic N) is 2. The minimum absolute atomic E-state index is 0.107. The van der Waals surface area contributed by atoms with E-state index in [9.17, 15) is 9.59 Å². The minimum Gasteiger partial charge on any atom is -0.315 e. The molecule has 1 aliphatic heterocycles. The number of likely N-dealkylation sites (N-methyl/N-ethyl adjacent to an activating group) is 1. The molecule has 0 aromatic heterocycles. The van der Waals surface area contributed by atoms with Crippen molar-refractivity contribution in [1.29, 1.82) is 0 Å². The van der Waals surface area contributed by atoms with Gasteiger partial charge >= 0.3 is 6.03 Å². The summed E-state index contributed by atoms with van der Waals surface area (Å²) in [6.45, 7) is 2.43. The van der Waals surface area contributed by atoms with Crippen LogP contribution < -0.4 is 4.90 Å². The quantitative estimate of drug-likeness (QED) is 0.777. The Labute approximate surface area is 109 Å². The van der Waals surface area contributed by atoms with Crippen LogP contribution in [-0.4, -0.2) is 29.9 Å². The monoisotopic (exact) mass is 272 g/mol. The number of carbonyl (C=O) groups excluding carboxylic acids is 2. The molecule has 1 aromatic carbocycles. The summed E-state index contributed by atoms with van der Waals surface area (Å²) >= 11 is 11.6. The molecule has 6 heteroatoms. The van der Waals surface area contributed by atoms with Crippen LogP contribution in [0.1, 0.15) is 6.92 Å². The Bertz CT molecular complexity index is 490. The third-order valence-corrected chi connectivity index (χ3v) is 3.32. The van der Waals surface area contributed by atoms with Crippen LogP contribution in [0.25, 0.3) is 0 Å². The number of imide groups is 1. The fraction of sp³-hybridized carbons (Fsp3) is 0.273. The van der Waals surface area contributed by atoms with Crippen molar-refractivity contribution in [3.63, 3.8) is 0 Å². The van der Waals surface area contributed by atoms with Gasteiger partial charge in [-0.25, -0.2) is 9.69 Å². The molecule has 0 bridgehead atoms. The molecule has 90 valence electrons. The van der Waals surface area contributed by atoms with Crippen LogP contribution in [0.15, 0.2) is 18.2 Å². The smallest absolute Gasteiger partial charge is 0.315 e. The van der Waals surface area contributed by atoms with Gasteiger partial charge in [-0.05, 0) is 25.1 Å². The molecule has 0 unspecified atom stereocenters. The number of carbonyl (C=O) groups is 2. The second-order valence-corrected chi connectivity index (χ2v) is 4.44. The molecule has 17 heavy (non-hydrogen) atoms. The number of amides is 3. The molecule has 0 radical (unpaired) electrons. The van der Waals surface area contributed by atoms with Crippen LogP contribution in [0.2, 0.25) is 10.0 Å². The lowest BCUT2D eigenvalue weighted by molar-refractivity contribution is -0.116. The zero-order chi connectivity index (χ0) is 12.6. The van der Waals surface area contributed by atoms with Crippen LogP contribution in [-0.2, 0) is 4.79 Å². The predicted octanol–water partition coefficient (Wildman–Crippen LogP) is 2.78. The van der Waals surface area contributed by atoms with E-state index >= 15 is 0 Å². The standard InChI is InChI=1S/C11H10Cl2N2O2/c1-2-14-6-10(16)15(11(14)17)7-3-4-8(12)9(13)5-7/h3-5H,2,6H2,1H3. The number of halogens is 2. The van der Waals surface area contributed by atoms with Gasteiger partial charge in [-0.3, -0.25) is 4.79 Å². The molecule has 4 nitrogen and oxygen atoms in total. The van der Waals surface area contributed by atoms with E-state index in [4.69, 9.17) is 23.2 Å². The fourth-order valence-electron chi connectivity index (χ4n) is 1.68. The van der Waals surface area contributed by atoms with Gasteiger partial charge < -0.3 is 4.90 Å². The maximum atomic E-state index is 11.9. The summed E-state index contributed by atoms with van der Waals surface area (Å²) in [5, 5.41) is 0.710. The molecule has 0 N–H and O–H groups in total. The highest BCUT2D eigenvalue weighted by atomic mass is 35.5. The molecule has 0 atom stereocenters. The number of hydrogen-bond donors (Lipinski definition) is 0. The Morgan fingerprint density at radius 2 is 1.94 bits per heavy atom. The normalized spacial score (nSPS) is 15.9. The largest absolute Gasteiger partial charge is 0.331 e. The first-order valence-corrected chi connectivity index (χ1v) is 5.87. The Balaban J connectivity index is 2.36. The van der Waals surface area contributed by atoms with Crippen molar-refractivity contribution in [2.45, 2.75) is 6.92 Å². The van der Waals surface area contributed by atoms with Crippen LogP contribution in [0.4, 0.5) is 10.5 Å². The molecular weight excluding hydrogens is 263 g/mol. The van der Waals surface area contributed by atoms with Crippen molar-refractivity contribution in [2.75, 3.05) is 18.0 Å². The topological polar surface area (TPSA) is 40.6 Å². The first-order valence-electron chi connectivity index (χ1n) is 5.11. The van der Waals surface area contributed by atoms with E-state index in [2.05, 4.69) is 0 Å². The van der Waals surface area contributed by atoms with Gasteiger partial charge in [0.25, 0.3) is 5.91 Å². The molecular formula is C11H10Cl2N2O2. The van der Waals surface area contributed by atoms with Crippen LogP contribution in [0.5, 0.6) is 0 Å². The minimum atomic E-state index is -0.323. The number of urea groups is 1. The number of hydrogen-bond acceptors (Lipinski definition) is 2. The van der Waals surface area contributed by atoms with Gasteiger partial charge in [0.1, 0.15) is 6.54 Å². The summed E-state index contributed by atoms with van der Waals surface area (Å²) in [5.41, 5.74) is 0.449. The lowest BCUT2D eigenvalue weighted by atomic mass is 10.3. The predicted molar refractivity (Wildman–Crippen MR) is 66.6 cm³/mol. The summed E-state index contributed by atoms with van der Waals surface area (Å²) in [6, 6.07) is 4.35. The van der Waals surface area contributed by atoms with Crippen LogP contribution in [0, 0.1) is 0 Å². The molecule has 1 aliphatic rings. The van der Waals surface area contributed by atoms with Crippen LogP contribution in [0.3, 0.4) is 0 Å². The van der Waals surface area contributed by atoms with E-state index in [-0.39, 0.29) is 18.5 Å². The third kappa shape index (κ3) is 2.10. The van der Waals surface area contributed by atoms with E-state index < -0.39 is 0 Å². The zero-order valence-electron chi connectivity index (χ0n) is 9.11. The van der Waals surface area contributed by atoms with E-state index in [0.29, 0.717) is 22.3 Å². The highest BCUT2D eigenvalue weighted by Crippen LogP contribution is 2.29. The van der Waals surface area contributed by atoms with Crippen molar-refractivity contribution in [3.8, 4) is 0 Å². The maximum absolute atomic E-state index is 11.9. The lowest BCUT2D eigenvalue weighted by Gasteiger charge is -2.15. The van der Waals surface area contributed by atoms with Crippen molar-refractivity contribution < 1.29 is 9.59 Å². The van der Waals surface area contributed by atoms with Gasteiger partial charge in [0.05, 0.1) is 15.7 Å². The summed E-state index contributed by atoms with van der Waals surface area (Å²) in [6.07, 6.45) is 0. The van der Waals surface area contributed by atoms with Gasteiger partial charge in [0.15, 0.2) is 0 Å². The molecule has 0 aliphatic carbocycles. The molecule has 1 fully saturated rings. The molecule has 0 saturated carbocycles. The molecule has 2 rings (SSSR count). The highest BCUT2D eigenvalue weighted by Gasteiger charge is 2.36. The second kappa shape index (κ2) is 4.55. The molecule has 1 heterocycles. The highest BCUT2D eigenvalue weighted by molar-refractivity contribution is 6.42. The van der Waals surface area contributed by atoms with E-state index in [0.717, 1.165) is 4.90 Å². The van der Waals surface area contributed by atoms with Gasteiger partial charge in [-0.1, -0.05) is 23.2 Å². The maximum Gasteiger partial charge on any atom is 0.331 e. The Morgan fingerprint density at radius 1 is 1.24 bits per heavy atom. The van der Waals surface area contributed by atoms with Crippen molar-refractivity contribution >= 4 is 40.8 Å². The number of benzene rings is 1. The lowest BCUT2D eigenvalue weighted by Crippen LogP contribution is -2.32. The van der Waals surface area contributed by atoms with Gasteiger partial charge in [0, 0.05) is 6.54 Å². The zero-order valence-corrected chi connectivity index (χ0v) is 10.6. The number of rotatable bonds is 2. The van der Waals surface area contributed by atoms with Gasteiger partial charge in [0.2, 0.25) is 0 Å². The summed E-state index contributed by atoms with van der Waals surface area (Å²) in [7, 11) is 0. The average Bonchev–Trinajstić information content (AvgIpc) is 2.58. The SMILES string of the molecule is CCN1CC(=O)N(c2ccc(Cl)c(Cl)c2)C1=O. The fourth-order valence-corrected chi connectivity index (χ4v) is 1.97. The van der Waals surface area contributed by atoms with Gasteiger partial charge in [-0.2, -0.15) is 0 Å². The van der Waals surface area contributed by atoms with E-state index in [1.807, 2.05) is 6.92 Å². The molecule has 1 aromatic rings. The molecule has 3 amide bonds. The summed E-state index contributed by atoms with van der Waals surface area (Å²) in [4.78, 5) is 26.2. The van der Waals surface area contributed by atoms with Crippen molar-refractivity contribution in [3.05, 3.63) is 28.2 Å². The Hall–Kier alpha value is -1.26. The summed E-state index contributed by atoms with van der Waals surface area (Å²) < 4.78 is 0. The van der Waals surface area contributed by atoms with Crippen LogP contribution >= 0.6 is 23.2 Å². The van der Waals surface area contributed by atoms with Crippen molar-refractivity contribution in [2.24, 2.45) is 0 Å². The Kier molecular flexibility index (Phi) is 3.26. The Morgan fingerprint density at radius 3 is 2.47 bits per heavy atom. The van der Waals surface area contributed by atoms with Crippen molar-refractivity contribution in [1.82, 2.24) is 4.90 Å². The average molecular weight is 273 g/mol. The first kappa shape index (κ1) is 12.2. The number of anilines is 1. The molecule has 1 saturated heterocycles. The van der Waals surface area contributed by atoms with Gasteiger partial charge in [-0.15, -0.1) is 0 Å². The second-order valence-electron chi connectivity index (χ2n) is 3.62. The molecule has 0 spiro atoms. The van der Waals surface area contributed by atoms with E-state index in [1.54, 1.807) is 12.1 Å². The summed E-state index contributed by atoms with van der Waals surface area (Å²) in [5.74, 6) is -0.254. The first-order chi connectivity index (χ1) is 8.04.